The van der Waals surface area contributed by atoms with E-state index in [4.69, 9.17) is 4.74 Å². The highest BCUT2D eigenvalue weighted by molar-refractivity contribution is 6.35. The van der Waals surface area contributed by atoms with Crippen LogP contribution in [0.25, 0.3) is 0 Å². The molecule has 0 aromatic heterocycles. The van der Waals surface area contributed by atoms with Gasteiger partial charge in [0, 0.05) is 13.5 Å². The number of Topliss-reactive ketones (excluding diaryl/α,β-unsaturated/α-hetero) is 1. The van der Waals surface area contributed by atoms with Gasteiger partial charge in [-0.2, -0.15) is 0 Å². The zero-order valence-electron chi connectivity index (χ0n) is 11.1. The number of nitrogens with one attached hydrogen (secondary N) is 1. The Morgan fingerprint density at radius 2 is 2.06 bits per heavy atom. The number of rotatable bonds is 6. The van der Waals surface area contributed by atoms with Crippen molar-refractivity contribution < 1.29 is 14.3 Å². The molecule has 1 N–H and O–H groups in total. The van der Waals surface area contributed by atoms with E-state index in [9.17, 15) is 9.59 Å². The van der Waals surface area contributed by atoms with E-state index in [1.54, 1.807) is 0 Å². The molecule has 98 valence electrons. The number of carbonyl (C=O) groups excluding carboxylic acids is 2. The molecule has 0 saturated carbocycles. The lowest BCUT2D eigenvalue weighted by molar-refractivity contribution is -0.136. The summed E-state index contributed by atoms with van der Waals surface area (Å²) < 4.78 is 5.45. The summed E-state index contributed by atoms with van der Waals surface area (Å²) in [6.07, 6.45) is 0.701. The number of benzene rings is 1. The Morgan fingerprint density at radius 3 is 2.61 bits per heavy atom. The van der Waals surface area contributed by atoms with Crippen LogP contribution in [0, 0.1) is 6.92 Å². The monoisotopic (exact) mass is 249 g/mol. The molecular formula is C14H19NO3. The van der Waals surface area contributed by atoms with E-state index in [2.05, 4.69) is 5.32 Å². The first-order chi connectivity index (χ1) is 8.54. The van der Waals surface area contributed by atoms with Crippen LogP contribution in [-0.4, -0.2) is 24.8 Å². The fourth-order valence-corrected chi connectivity index (χ4v) is 1.63. The maximum atomic E-state index is 11.1. The van der Waals surface area contributed by atoms with Gasteiger partial charge >= 0.3 is 0 Å². The van der Waals surface area contributed by atoms with Gasteiger partial charge in [0.05, 0.1) is 6.61 Å². The van der Waals surface area contributed by atoms with Crippen LogP contribution in [0.5, 0.6) is 5.75 Å². The van der Waals surface area contributed by atoms with E-state index in [-0.39, 0.29) is 0 Å². The Kier molecular flexibility index (Phi) is 5.36. The Balaban J connectivity index is 2.51. The standard InChI is InChI=1S/C14H19NO3/c1-4-18-13-6-5-12(9-10(13)2)7-8-15-14(17)11(3)16/h5-6,9H,4,7-8H2,1-3H3,(H,15,17). The van der Waals surface area contributed by atoms with E-state index in [0.29, 0.717) is 19.6 Å². The quantitative estimate of drug-likeness (QED) is 0.780. The molecule has 0 aliphatic heterocycles. The minimum absolute atomic E-state index is 0.460. The molecule has 4 heteroatoms. The summed E-state index contributed by atoms with van der Waals surface area (Å²) in [7, 11) is 0. The number of amides is 1. The molecule has 1 aromatic rings. The molecule has 0 heterocycles. The first kappa shape index (κ1) is 14.2. The fourth-order valence-electron chi connectivity index (χ4n) is 1.63. The average molecular weight is 249 g/mol. The van der Waals surface area contributed by atoms with Crippen molar-refractivity contribution >= 4 is 11.7 Å². The van der Waals surface area contributed by atoms with Gasteiger partial charge in [-0.3, -0.25) is 9.59 Å². The smallest absolute Gasteiger partial charge is 0.287 e. The molecule has 0 bridgehead atoms. The highest BCUT2D eigenvalue weighted by atomic mass is 16.5. The van der Waals surface area contributed by atoms with Crippen LogP contribution in [0.2, 0.25) is 0 Å². The lowest BCUT2D eigenvalue weighted by Gasteiger charge is -2.09. The van der Waals surface area contributed by atoms with Crippen molar-refractivity contribution in [3.8, 4) is 5.75 Å². The SMILES string of the molecule is CCOc1ccc(CCNC(=O)C(C)=O)cc1C. The van der Waals surface area contributed by atoms with Crippen molar-refractivity contribution in [2.75, 3.05) is 13.2 Å². The molecular weight excluding hydrogens is 230 g/mol. The summed E-state index contributed by atoms with van der Waals surface area (Å²) in [5.74, 6) is -0.107. The molecule has 0 atom stereocenters. The molecule has 0 aliphatic rings. The van der Waals surface area contributed by atoms with Gasteiger partial charge in [0.15, 0.2) is 0 Å². The van der Waals surface area contributed by atoms with Crippen LogP contribution in [0.15, 0.2) is 18.2 Å². The molecule has 18 heavy (non-hydrogen) atoms. The minimum atomic E-state index is -0.530. The lowest BCUT2D eigenvalue weighted by Crippen LogP contribution is -2.30. The van der Waals surface area contributed by atoms with E-state index in [0.717, 1.165) is 16.9 Å². The van der Waals surface area contributed by atoms with Crippen LogP contribution in [0.1, 0.15) is 25.0 Å². The summed E-state index contributed by atoms with van der Waals surface area (Å²) in [6, 6.07) is 5.93. The van der Waals surface area contributed by atoms with Gasteiger partial charge < -0.3 is 10.1 Å². The van der Waals surface area contributed by atoms with Crippen LogP contribution >= 0.6 is 0 Å². The van der Waals surface area contributed by atoms with E-state index in [1.165, 1.54) is 6.92 Å². The zero-order chi connectivity index (χ0) is 13.5. The first-order valence-corrected chi connectivity index (χ1v) is 6.05. The molecule has 1 aromatic carbocycles. The number of aryl methyl sites for hydroxylation is 1. The molecule has 0 fully saturated rings. The molecule has 1 rings (SSSR count). The van der Waals surface area contributed by atoms with Gasteiger partial charge in [0.2, 0.25) is 5.78 Å². The third-order valence-corrected chi connectivity index (χ3v) is 2.56. The summed E-state index contributed by atoms with van der Waals surface area (Å²) in [6.45, 7) is 6.31. The highest BCUT2D eigenvalue weighted by Crippen LogP contribution is 2.19. The predicted octanol–water partition coefficient (Wildman–Crippen LogP) is 1.64. The Labute approximate surface area is 107 Å². The molecule has 4 nitrogen and oxygen atoms in total. The highest BCUT2D eigenvalue weighted by Gasteiger charge is 2.06. The summed E-state index contributed by atoms with van der Waals surface area (Å²) in [5, 5.41) is 2.57. The van der Waals surface area contributed by atoms with Gasteiger partial charge in [-0.1, -0.05) is 12.1 Å². The number of ketones is 1. The molecule has 0 aliphatic carbocycles. The second-order valence-electron chi connectivity index (χ2n) is 4.09. The summed E-state index contributed by atoms with van der Waals surface area (Å²) in [4.78, 5) is 21.8. The second-order valence-corrected chi connectivity index (χ2v) is 4.09. The average Bonchev–Trinajstić information content (AvgIpc) is 2.32. The fraction of sp³-hybridized carbons (Fsp3) is 0.429. The van der Waals surface area contributed by atoms with Gasteiger partial charge in [0.1, 0.15) is 5.75 Å². The Hall–Kier alpha value is -1.84. The van der Waals surface area contributed by atoms with Crippen molar-refractivity contribution in [3.05, 3.63) is 29.3 Å². The van der Waals surface area contributed by atoms with Crippen LogP contribution in [0.3, 0.4) is 0 Å². The zero-order valence-corrected chi connectivity index (χ0v) is 11.1. The third kappa shape index (κ3) is 4.20. The normalized spacial score (nSPS) is 9.94. The molecule has 0 saturated heterocycles. The van der Waals surface area contributed by atoms with E-state index in [1.807, 2.05) is 32.0 Å². The lowest BCUT2D eigenvalue weighted by atomic mass is 10.1. The second kappa shape index (κ2) is 6.79. The summed E-state index contributed by atoms with van der Waals surface area (Å²) in [5.41, 5.74) is 2.19. The van der Waals surface area contributed by atoms with E-state index < -0.39 is 11.7 Å². The summed E-state index contributed by atoms with van der Waals surface area (Å²) >= 11 is 0. The predicted molar refractivity (Wildman–Crippen MR) is 69.7 cm³/mol. The number of hydrogen-bond donors (Lipinski definition) is 1. The van der Waals surface area contributed by atoms with Gasteiger partial charge in [-0.25, -0.2) is 0 Å². The van der Waals surface area contributed by atoms with Gasteiger partial charge in [0.25, 0.3) is 5.91 Å². The van der Waals surface area contributed by atoms with Gasteiger partial charge in [-0.15, -0.1) is 0 Å². The van der Waals surface area contributed by atoms with E-state index >= 15 is 0 Å². The number of ether oxygens (including phenoxy) is 1. The largest absolute Gasteiger partial charge is 0.494 e. The van der Waals surface area contributed by atoms with Crippen LogP contribution in [-0.2, 0) is 16.0 Å². The van der Waals surface area contributed by atoms with Crippen molar-refractivity contribution in [2.24, 2.45) is 0 Å². The molecule has 0 radical (unpaired) electrons. The molecule has 0 unspecified atom stereocenters. The maximum absolute atomic E-state index is 11.1. The third-order valence-electron chi connectivity index (χ3n) is 2.56. The van der Waals surface area contributed by atoms with Crippen molar-refractivity contribution in [2.45, 2.75) is 27.2 Å². The first-order valence-electron chi connectivity index (χ1n) is 6.05. The molecule has 1 amide bonds. The Bertz CT molecular complexity index is 441. The number of hydrogen-bond acceptors (Lipinski definition) is 3. The van der Waals surface area contributed by atoms with Crippen molar-refractivity contribution in [1.82, 2.24) is 5.32 Å². The molecule has 0 spiro atoms. The topological polar surface area (TPSA) is 55.4 Å². The maximum Gasteiger partial charge on any atom is 0.287 e. The minimum Gasteiger partial charge on any atom is -0.494 e. The van der Waals surface area contributed by atoms with Crippen molar-refractivity contribution in [1.29, 1.82) is 0 Å². The van der Waals surface area contributed by atoms with Crippen LogP contribution in [0.4, 0.5) is 0 Å². The van der Waals surface area contributed by atoms with Crippen LogP contribution < -0.4 is 10.1 Å². The number of carbonyl (C=O) groups is 2. The van der Waals surface area contributed by atoms with Crippen molar-refractivity contribution in [3.63, 3.8) is 0 Å². The van der Waals surface area contributed by atoms with Gasteiger partial charge in [-0.05, 0) is 37.5 Å². The Morgan fingerprint density at radius 1 is 1.33 bits per heavy atom.